The van der Waals surface area contributed by atoms with Gasteiger partial charge in [-0.25, -0.2) is 9.97 Å². The molecule has 2 aromatic rings. The van der Waals surface area contributed by atoms with Gasteiger partial charge in [0.2, 0.25) is 0 Å². The Morgan fingerprint density at radius 2 is 1.61 bits per heavy atom. The molecule has 18 heavy (non-hydrogen) atoms. The Kier molecular flexibility index (Phi) is 3.72. The number of nitrogens with two attached hydrogens (primary N) is 1. The van der Waals surface area contributed by atoms with Crippen LogP contribution in [0.15, 0.2) is 30.6 Å². The molecule has 1 aromatic heterocycles. The maximum absolute atomic E-state index is 5.93. The van der Waals surface area contributed by atoms with Gasteiger partial charge in [0, 0.05) is 18.9 Å². The van der Waals surface area contributed by atoms with Crippen LogP contribution in [0.4, 0.5) is 0 Å². The number of aryl methyl sites for hydroxylation is 3. The Bertz CT molecular complexity index is 512. The standard InChI is InChI=1S/C15H19N3/c1-10-7-11(2)14(12(3)8-10)13(9-16)15-17-5-4-6-18-15/h4-8,13H,9,16H2,1-3H3. The topological polar surface area (TPSA) is 51.8 Å². The van der Waals surface area contributed by atoms with Crippen LogP contribution < -0.4 is 5.73 Å². The highest BCUT2D eigenvalue weighted by atomic mass is 14.9. The number of hydrogen-bond acceptors (Lipinski definition) is 3. The molecule has 3 heteroatoms. The molecule has 0 saturated heterocycles. The minimum atomic E-state index is 0.0757. The summed E-state index contributed by atoms with van der Waals surface area (Å²) in [6.07, 6.45) is 3.54. The van der Waals surface area contributed by atoms with Crippen molar-refractivity contribution in [3.63, 3.8) is 0 Å². The van der Waals surface area contributed by atoms with Gasteiger partial charge in [-0.15, -0.1) is 0 Å². The first kappa shape index (κ1) is 12.7. The van der Waals surface area contributed by atoms with E-state index in [1.807, 2.05) is 6.07 Å². The first-order valence-corrected chi connectivity index (χ1v) is 6.18. The molecule has 1 unspecified atom stereocenters. The normalized spacial score (nSPS) is 12.4. The van der Waals surface area contributed by atoms with E-state index in [2.05, 4.69) is 42.9 Å². The second kappa shape index (κ2) is 5.27. The van der Waals surface area contributed by atoms with Gasteiger partial charge in [0.1, 0.15) is 5.82 Å². The molecule has 3 nitrogen and oxygen atoms in total. The molecule has 2 rings (SSSR count). The van der Waals surface area contributed by atoms with Gasteiger partial charge in [0.15, 0.2) is 0 Å². The molecule has 1 aromatic carbocycles. The van der Waals surface area contributed by atoms with E-state index in [4.69, 9.17) is 5.73 Å². The van der Waals surface area contributed by atoms with E-state index in [9.17, 15) is 0 Å². The Morgan fingerprint density at radius 3 is 2.11 bits per heavy atom. The summed E-state index contributed by atoms with van der Waals surface area (Å²) in [7, 11) is 0. The van der Waals surface area contributed by atoms with E-state index in [1.54, 1.807) is 12.4 Å². The maximum atomic E-state index is 5.93. The molecule has 0 aliphatic carbocycles. The van der Waals surface area contributed by atoms with Crippen molar-refractivity contribution in [2.75, 3.05) is 6.54 Å². The monoisotopic (exact) mass is 241 g/mol. The molecule has 1 atom stereocenters. The summed E-state index contributed by atoms with van der Waals surface area (Å²) in [5.41, 5.74) is 11.0. The van der Waals surface area contributed by atoms with Gasteiger partial charge >= 0.3 is 0 Å². The van der Waals surface area contributed by atoms with Gasteiger partial charge in [0.25, 0.3) is 0 Å². The number of aromatic nitrogens is 2. The lowest BCUT2D eigenvalue weighted by atomic mass is 9.89. The molecule has 0 radical (unpaired) electrons. The third kappa shape index (κ3) is 2.41. The fourth-order valence-corrected chi connectivity index (χ4v) is 2.58. The van der Waals surface area contributed by atoms with E-state index in [0.717, 1.165) is 5.82 Å². The van der Waals surface area contributed by atoms with Crippen LogP contribution in [-0.4, -0.2) is 16.5 Å². The number of hydrogen-bond donors (Lipinski definition) is 1. The number of nitrogens with zero attached hydrogens (tertiary/aromatic N) is 2. The summed E-state index contributed by atoms with van der Waals surface area (Å²) in [5.74, 6) is 0.877. The van der Waals surface area contributed by atoms with Crippen molar-refractivity contribution in [1.29, 1.82) is 0 Å². The molecular weight excluding hydrogens is 222 g/mol. The van der Waals surface area contributed by atoms with E-state index in [0.29, 0.717) is 6.54 Å². The van der Waals surface area contributed by atoms with Gasteiger partial charge in [-0.05, 0) is 43.5 Å². The van der Waals surface area contributed by atoms with Crippen LogP contribution in [0, 0.1) is 20.8 Å². The number of benzene rings is 1. The van der Waals surface area contributed by atoms with Crippen LogP contribution in [0.5, 0.6) is 0 Å². The largest absolute Gasteiger partial charge is 0.329 e. The molecule has 0 aliphatic heterocycles. The highest BCUT2D eigenvalue weighted by Crippen LogP contribution is 2.27. The van der Waals surface area contributed by atoms with Gasteiger partial charge in [-0.3, -0.25) is 0 Å². The van der Waals surface area contributed by atoms with Crippen molar-refractivity contribution in [3.8, 4) is 0 Å². The molecule has 0 saturated carbocycles. The highest BCUT2D eigenvalue weighted by Gasteiger charge is 2.19. The summed E-state index contributed by atoms with van der Waals surface area (Å²) in [6.45, 7) is 6.89. The Balaban J connectivity index is 2.52. The van der Waals surface area contributed by atoms with E-state index in [-0.39, 0.29) is 5.92 Å². The summed E-state index contributed by atoms with van der Waals surface area (Å²) in [4.78, 5) is 8.68. The maximum Gasteiger partial charge on any atom is 0.136 e. The Morgan fingerprint density at radius 1 is 1.06 bits per heavy atom. The smallest absolute Gasteiger partial charge is 0.136 e. The average Bonchev–Trinajstić information content (AvgIpc) is 2.34. The van der Waals surface area contributed by atoms with Crippen LogP contribution >= 0.6 is 0 Å². The summed E-state index contributed by atoms with van der Waals surface area (Å²) in [6, 6.07) is 6.20. The van der Waals surface area contributed by atoms with Crippen molar-refractivity contribution in [2.45, 2.75) is 26.7 Å². The Hall–Kier alpha value is -1.74. The summed E-state index contributed by atoms with van der Waals surface area (Å²) < 4.78 is 0. The molecule has 0 bridgehead atoms. The minimum Gasteiger partial charge on any atom is -0.329 e. The second-order valence-corrected chi connectivity index (χ2v) is 4.71. The van der Waals surface area contributed by atoms with Gasteiger partial charge in [-0.1, -0.05) is 17.7 Å². The van der Waals surface area contributed by atoms with E-state index < -0.39 is 0 Å². The molecule has 2 N–H and O–H groups in total. The zero-order valence-corrected chi connectivity index (χ0v) is 11.1. The fourth-order valence-electron chi connectivity index (χ4n) is 2.58. The molecule has 0 spiro atoms. The van der Waals surface area contributed by atoms with Crippen LogP contribution in [0.3, 0.4) is 0 Å². The third-order valence-electron chi connectivity index (χ3n) is 3.22. The van der Waals surface area contributed by atoms with Crippen molar-refractivity contribution >= 4 is 0 Å². The van der Waals surface area contributed by atoms with Crippen molar-refractivity contribution in [2.24, 2.45) is 5.73 Å². The lowest BCUT2D eigenvalue weighted by molar-refractivity contribution is 0.739. The van der Waals surface area contributed by atoms with E-state index in [1.165, 1.54) is 22.3 Å². The minimum absolute atomic E-state index is 0.0757. The second-order valence-electron chi connectivity index (χ2n) is 4.71. The first-order valence-electron chi connectivity index (χ1n) is 6.18. The summed E-state index contributed by atoms with van der Waals surface area (Å²) >= 11 is 0. The van der Waals surface area contributed by atoms with Gasteiger partial charge in [0.05, 0.1) is 5.92 Å². The van der Waals surface area contributed by atoms with Gasteiger partial charge in [-0.2, -0.15) is 0 Å². The SMILES string of the molecule is Cc1cc(C)c(C(CN)c2ncccn2)c(C)c1. The van der Waals surface area contributed by atoms with Crippen molar-refractivity contribution < 1.29 is 0 Å². The fraction of sp³-hybridized carbons (Fsp3) is 0.333. The van der Waals surface area contributed by atoms with Crippen molar-refractivity contribution in [3.05, 3.63) is 58.7 Å². The van der Waals surface area contributed by atoms with Gasteiger partial charge < -0.3 is 5.73 Å². The van der Waals surface area contributed by atoms with Crippen LogP contribution in [0.1, 0.15) is 34.0 Å². The molecule has 0 amide bonds. The van der Waals surface area contributed by atoms with Crippen LogP contribution in [-0.2, 0) is 0 Å². The average molecular weight is 241 g/mol. The third-order valence-corrected chi connectivity index (χ3v) is 3.22. The van der Waals surface area contributed by atoms with Crippen LogP contribution in [0.25, 0.3) is 0 Å². The zero-order valence-electron chi connectivity index (χ0n) is 11.1. The Labute approximate surface area is 108 Å². The molecule has 1 heterocycles. The summed E-state index contributed by atoms with van der Waals surface area (Å²) in [5, 5.41) is 0. The lowest BCUT2D eigenvalue weighted by Crippen LogP contribution is -2.18. The predicted molar refractivity (Wildman–Crippen MR) is 73.6 cm³/mol. The predicted octanol–water partition coefficient (Wildman–Crippen LogP) is 2.49. The quantitative estimate of drug-likeness (QED) is 0.898. The van der Waals surface area contributed by atoms with E-state index >= 15 is 0 Å². The van der Waals surface area contributed by atoms with Crippen molar-refractivity contribution in [1.82, 2.24) is 9.97 Å². The zero-order chi connectivity index (χ0) is 13.1. The molecule has 0 fully saturated rings. The highest BCUT2D eigenvalue weighted by molar-refractivity contribution is 5.42. The molecular formula is C15H19N3. The molecule has 0 aliphatic rings. The lowest BCUT2D eigenvalue weighted by Gasteiger charge is -2.19. The first-order chi connectivity index (χ1) is 8.63. The molecule has 94 valence electrons. The number of rotatable bonds is 3. The van der Waals surface area contributed by atoms with Crippen LogP contribution in [0.2, 0.25) is 0 Å².